The van der Waals surface area contributed by atoms with Gasteiger partial charge in [0.25, 0.3) is 0 Å². The third kappa shape index (κ3) is 9.51. The van der Waals surface area contributed by atoms with Gasteiger partial charge in [0.2, 0.25) is 5.91 Å². The van der Waals surface area contributed by atoms with Crippen molar-refractivity contribution in [1.29, 1.82) is 0 Å². The van der Waals surface area contributed by atoms with Crippen molar-refractivity contribution >= 4 is 5.91 Å². The van der Waals surface area contributed by atoms with Gasteiger partial charge in [0.1, 0.15) is 0 Å². The molecule has 0 unspecified atom stereocenters. The Morgan fingerprint density at radius 2 is 1.75 bits per heavy atom. The van der Waals surface area contributed by atoms with Crippen molar-refractivity contribution in [2.75, 3.05) is 6.54 Å². The maximum atomic E-state index is 12.2. The molecule has 0 aliphatic rings. The number of carbonyl (C=O) groups excluding carboxylic acids is 1. The van der Waals surface area contributed by atoms with Crippen LogP contribution < -0.4 is 11.1 Å². The van der Waals surface area contributed by atoms with Crippen molar-refractivity contribution in [2.45, 2.75) is 65.8 Å². The van der Waals surface area contributed by atoms with E-state index in [-0.39, 0.29) is 11.9 Å². The second-order valence-corrected chi connectivity index (χ2v) is 6.14. The van der Waals surface area contributed by atoms with Crippen LogP contribution in [0.3, 0.4) is 0 Å². The predicted octanol–water partition coefficient (Wildman–Crippen LogP) is 4.47. The lowest BCUT2D eigenvalue weighted by atomic mass is 9.92. The van der Waals surface area contributed by atoms with Crippen LogP contribution in [0.15, 0.2) is 42.5 Å². The Morgan fingerprint density at radius 3 is 2.29 bits per heavy atom. The summed E-state index contributed by atoms with van der Waals surface area (Å²) in [6.45, 7) is 13.1. The molecule has 0 saturated heterocycles. The Morgan fingerprint density at radius 1 is 1.12 bits per heavy atom. The molecule has 1 atom stereocenters. The molecule has 0 saturated carbocycles. The van der Waals surface area contributed by atoms with E-state index < -0.39 is 0 Å². The van der Waals surface area contributed by atoms with Crippen molar-refractivity contribution in [2.24, 2.45) is 11.7 Å². The second-order valence-electron chi connectivity index (χ2n) is 6.14. The van der Waals surface area contributed by atoms with E-state index in [2.05, 4.69) is 37.9 Å². The highest BCUT2D eigenvalue weighted by Crippen LogP contribution is 2.16. The first-order valence-electron chi connectivity index (χ1n) is 9.26. The number of carbonyl (C=O) groups is 1. The van der Waals surface area contributed by atoms with Gasteiger partial charge in [-0.25, -0.2) is 0 Å². The van der Waals surface area contributed by atoms with Gasteiger partial charge >= 0.3 is 0 Å². The van der Waals surface area contributed by atoms with Gasteiger partial charge in [-0.1, -0.05) is 76.6 Å². The van der Waals surface area contributed by atoms with E-state index in [1.54, 1.807) is 0 Å². The van der Waals surface area contributed by atoms with E-state index in [0.29, 0.717) is 18.9 Å². The van der Waals surface area contributed by atoms with E-state index in [9.17, 15) is 4.79 Å². The van der Waals surface area contributed by atoms with Gasteiger partial charge in [-0.3, -0.25) is 4.79 Å². The largest absolute Gasteiger partial charge is 0.349 e. The molecule has 3 N–H and O–H groups in total. The molecular weight excluding hydrogens is 296 g/mol. The smallest absolute Gasteiger partial charge is 0.220 e. The number of amides is 1. The average Bonchev–Trinajstić information content (AvgIpc) is 2.60. The van der Waals surface area contributed by atoms with E-state index in [4.69, 9.17) is 5.73 Å². The highest BCUT2D eigenvalue weighted by Gasteiger charge is 2.18. The molecule has 1 aromatic rings. The second kappa shape index (κ2) is 13.8. The first-order chi connectivity index (χ1) is 11.5. The average molecular weight is 333 g/mol. The molecule has 0 aromatic heterocycles. The summed E-state index contributed by atoms with van der Waals surface area (Å²) in [5.74, 6) is 0.464. The van der Waals surface area contributed by atoms with E-state index >= 15 is 0 Å². The fraction of sp³-hybridized carbons (Fsp3) is 0.571. The van der Waals surface area contributed by atoms with Crippen molar-refractivity contribution in [3.05, 3.63) is 48.0 Å². The third-order valence-corrected chi connectivity index (χ3v) is 3.91. The van der Waals surface area contributed by atoms with Crippen molar-refractivity contribution < 1.29 is 4.79 Å². The number of hydrogen-bond donors (Lipinski definition) is 2. The Labute approximate surface area is 148 Å². The molecule has 0 spiro atoms. The predicted molar refractivity (Wildman–Crippen MR) is 105 cm³/mol. The molecule has 1 amide bonds. The van der Waals surface area contributed by atoms with Crippen molar-refractivity contribution in [3.63, 3.8) is 0 Å². The van der Waals surface area contributed by atoms with Crippen LogP contribution in [-0.4, -0.2) is 18.5 Å². The van der Waals surface area contributed by atoms with Crippen LogP contribution in [0.5, 0.6) is 0 Å². The fourth-order valence-corrected chi connectivity index (χ4v) is 2.40. The summed E-state index contributed by atoms with van der Waals surface area (Å²) >= 11 is 0. The summed E-state index contributed by atoms with van der Waals surface area (Å²) in [6.07, 6.45) is 4.26. The van der Waals surface area contributed by atoms with Crippen LogP contribution in [-0.2, 0) is 11.2 Å². The summed E-state index contributed by atoms with van der Waals surface area (Å²) in [7, 11) is 0. The van der Waals surface area contributed by atoms with E-state index in [1.807, 2.05) is 32.0 Å². The van der Waals surface area contributed by atoms with Gasteiger partial charge in [0.05, 0.1) is 6.04 Å². The van der Waals surface area contributed by atoms with Gasteiger partial charge in [-0.15, -0.1) is 0 Å². The Balaban J connectivity index is 0.00000254. The molecule has 24 heavy (non-hydrogen) atoms. The highest BCUT2D eigenvalue weighted by molar-refractivity contribution is 5.76. The minimum absolute atomic E-state index is 0.00408. The molecule has 0 radical (unpaired) electrons. The fourth-order valence-electron chi connectivity index (χ4n) is 2.40. The zero-order chi connectivity index (χ0) is 18.4. The van der Waals surface area contributed by atoms with Gasteiger partial charge in [-0.05, 0) is 37.3 Å². The quantitative estimate of drug-likeness (QED) is 0.490. The molecule has 3 heteroatoms. The molecule has 0 heterocycles. The van der Waals surface area contributed by atoms with Crippen LogP contribution in [0.25, 0.3) is 0 Å². The van der Waals surface area contributed by atoms with Gasteiger partial charge in [0, 0.05) is 6.42 Å². The lowest BCUT2D eigenvalue weighted by molar-refractivity contribution is -0.121. The van der Waals surface area contributed by atoms with Crippen LogP contribution in [0.2, 0.25) is 0 Å². The molecule has 0 fully saturated rings. The van der Waals surface area contributed by atoms with Crippen LogP contribution in [0.1, 0.15) is 58.9 Å². The SMILES string of the molecule is C=C(C(C)C)[C@@H](Cc1ccccc1)NC(=O)CCCCCN.CC. The van der Waals surface area contributed by atoms with Gasteiger partial charge in [0.15, 0.2) is 0 Å². The van der Waals surface area contributed by atoms with Gasteiger partial charge < -0.3 is 11.1 Å². The van der Waals surface area contributed by atoms with Crippen LogP contribution in [0.4, 0.5) is 0 Å². The summed E-state index contributed by atoms with van der Waals surface area (Å²) in [5.41, 5.74) is 7.78. The minimum Gasteiger partial charge on any atom is -0.349 e. The van der Waals surface area contributed by atoms with Crippen LogP contribution >= 0.6 is 0 Å². The summed E-state index contributed by atoms with van der Waals surface area (Å²) < 4.78 is 0. The number of rotatable bonds is 10. The zero-order valence-corrected chi connectivity index (χ0v) is 16.0. The van der Waals surface area contributed by atoms with Crippen molar-refractivity contribution in [3.8, 4) is 0 Å². The first-order valence-corrected chi connectivity index (χ1v) is 9.26. The molecule has 136 valence electrons. The monoisotopic (exact) mass is 332 g/mol. The summed E-state index contributed by atoms with van der Waals surface area (Å²) in [6, 6.07) is 10.2. The standard InChI is InChI=1S/C19H30N2O.C2H6/c1-15(2)16(3)18(14-17-10-6-4-7-11-17)21-19(22)12-8-5-9-13-20;1-2/h4,6-7,10-11,15,18H,3,5,8-9,12-14,20H2,1-2H3,(H,21,22);1-2H3/t18-;/m1./s1. The lowest BCUT2D eigenvalue weighted by Gasteiger charge is -2.24. The lowest BCUT2D eigenvalue weighted by Crippen LogP contribution is -2.38. The zero-order valence-electron chi connectivity index (χ0n) is 16.0. The normalized spacial score (nSPS) is 11.4. The highest BCUT2D eigenvalue weighted by atomic mass is 16.1. The number of benzene rings is 1. The maximum Gasteiger partial charge on any atom is 0.220 e. The van der Waals surface area contributed by atoms with Gasteiger partial charge in [-0.2, -0.15) is 0 Å². The molecule has 3 nitrogen and oxygen atoms in total. The number of hydrogen-bond acceptors (Lipinski definition) is 2. The topological polar surface area (TPSA) is 55.1 Å². The molecule has 0 aliphatic heterocycles. The molecule has 1 aromatic carbocycles. The van der Waals surface area contributed by atoms with E-state index in [1.165, 1.54) is 5.56 Å². The third-order valence-electron chi connectivity index (χ3n) is 3.91. The number of nitrogens with two attached hydrogens (primary N) is 1. The molecular formula is C21H36N2O. The number of unbranched alkanes of at least 4 members (excludes halogenated alkanes) is 2. The Kier molecular flexibility index (Phi) is 12.9. The van der Waals surface area contributed by atoms with Crippen LogP contribution in [0, 0.1) is 5.92 Å². The number of nitrogens with one attached hydrogen (secondary N) is 1. The Hall–Kier alpha value is -1.61. The molecule has 0 aliphatic carbocycles. The van der Waals surface area contributed by atoms with Crippen molar-refractivity contribution in [1.82, 2.24) is 5.32 Å². The summed E-state index contributed by atoms with van der Waals surface area (Å²) in [4.78, 5) is 12.2. The van der Waals surface area contributed by atoms with E-state index in [0.717, 1.165) is 31.3 Å². The molecule has 1 rings (SSSR count). The molecule has 0 bridgehead atoms. The Bertz CT molecular complexity index is 454. The first kappa shape index (κ1) is 22.4. The summed E-state index contributed by atoms with van der Waals surface area (Å²) in [5, 5.41) is 3.15. The maximum absolute atomic E-state index is 12.2. The minimum atomic E-state index is 0.00408.